The molecule has 0 N–H and O–H groups in total. The van der Waals surface area contributed by atoms with Crippen LogP contribution in [0.15, 0.2) is 24.3 Å². The van der Waals surface area contributed by atoms with Crippen molar-refractivity contribution >= 4 is 12.1 Å². The zero-order valence-corrected chi connectivity index (χ0v) is 15.8. The lowest BCUT2D eigenvalue weighted by atomic mass is 10.0. The van der Waals surface area contributed by atoms with Gasteiger partial charge in [0.15, 0.2) is 0 Å². The summed E-state index contributed by atoms with van der Waals surface area (Å²) in [5.41, 5.74) is 0. The third kappa shape index (κ3) is 18.9. The topological polar surface area (TPSA) is 34.1 Å². The Hall–Kier alpha value is -1.18. The molecule has 0 aliphatic heterocycles. The minimum atomic E-state index is 0.419. The highest BCUT2D eigenvalue weighted by molar-refractivity contribution is 5.78. The molecule has 0 saturated heterocycles. The van der Waals surface area contributed by atoms with Crippen molar-refractivity contribution in [1.82, 2.24) is 0 Å². The monoisotopic (exact) mass is 334 g/mol. The Kier molecular flexibility index (Phi) is 18.9. The number of hydrogen-bond donors (Lipinski definition) is 0. The van der Waals surface area contributed by atoms with Crippen LogP contribution in [0.3, 0.4) is 0 Å². The van der Waals surface area contributed by atoms with Gasteiger partial charge in [0.2, 0.25) is 0 Å². The fourth-order valence-electron chi connectivity index (χ4n) is 2.73. The molecule has 0 unspecified atom stereocenters. The van der Waals surface area contributed by atoms with E-state index in [1.165, 1.54) is 57.8 Å². The number of unbranched alkanes of at least 4 members (excludes halogenated alkanes) is 10. The Balaban J connectivity index is 3.20. The van der Waals surface area contributed by atoms with Crippen LogP contribution in [0.4, 0.5) is 0 Å². The number of aldehydes is 1. The maximum Gasteiger partial charge on any atom is 0.133 e. The standard InChI is InChI=1S/C22H38O2/c1-2-3-16-19-22(24)20-17-14-12-10-8-6-4-5-7-9-11-13-15-18-21-23/h2-5,21H,6-20H2,1H3. The maximum atomic E-state index is 11.6. The summed E-state index contributed by atoms with van der Waals surface area (Å²) in [6.45, 7) is 2.00. The Labute approximate surface area is 149 Å². The Morgan fingerprint density at radius 2 is 1.17 bits per heavy atom. The fourth-order valence-corrected chi connectivity index (χ4v) is 2.73. The fraction of sp³-hybridized carbons (Fsp3) is 0.727. The average molecular weight is 335 g/mol. The molecule has 0 aromatic carbocycles. The SMILES string of the molecule is CC=CCCC(=O)CCCCCCCC=CCCCCCCC=O. The third-order valence-corrected chi connectivity index (χ3v) is 4.26. The number of allylic oxidation sites excluding steroid dienone is 4. The summed E-state index contributed by atoms with van der Waals surface area (Å²) in [7, 11) is 0. The van der Waals surface area contributed by atoms with E-state index in [-0.39, 0.29) is 0 Å². The largest absolute Gasteiger partial charge is 0.303 e. The molecule has 0 heterocycles. The first-order chi connectivity index (χ1) is 11.8. The molecule has 0 radical (unpaired) electrons. The van der Waals surface area contributed by atoms with Gasteiger partial charge in [-0.15, -0.1) is 0 Å². The number of Topliss-reactive ketones (excluding diaryl/α,β-unsaturated/α-hetero) is 1. The number of ketones is 1. The van der Waals surface area contributed by atoms with Gasteiger partial charge >= 0.3 is 0 Å². The Morgan fingerprint density at radius 3 is 1.75 bits per heavy atom. The van der Waals surface area contributed by atoms with E-state index >= 15 is 0 Å². The van der Waals surface area contributed by atoms with Crippen molar-refractivity contribution in [1.29, 1.82) is 0 Å². The molecule has 0 spiro atoms. The van der Waals surface area contributed by atoms with Gasteiger partial charge in [0.05, 0.1) is 0 Å². The summed E-state index contributed by atoms with van der Waals surface area (Å²) in [5, 5.41) is 0. The van der Waals surface area contributed by atoms with Crippen molar-refractivity contribution in [3.8, 4) is 0 Å². The molecule has 0 saturated carbocycles. The van der Waals surface area contributed by atoms with Gasteiger partial charge in [-0.2, -0.15) is 0 Å². The van der Waals surface area contributed by atoms with Crippen LogP contribution in [-0.2, 0) is 9.59 Å². The van der Waals surface area contributed by atoms with E-state index in [1.54, 1.807) is 0 Å². The van der Waals surface area contributed by atoms with Gasteiger partial charge in [-0.05, 0) is 51.9 Å². The summed E-state index contributed by atoms with van der Waals surface area (Å²) in [6.07, 6.45) is 26.0. The maximum absolute atomic E-state index is 11.6. The van der Waals surface area contributed by atoms with E-state index in [9.17, 15) is 9.59 Å². The molecule has 0 bridgehead atoms. The highest BCUT2D eigenvalue weighted by Crippen LogP contribution is 2.10. The van der Waals surface area contributed by atoms with Gasteiger partial charge in [-0.1, -0.05) is 56.4 Å². The van der Waals surface area contributed by atoms with Gasteiger partial charge in [0.1, 0.15) is 12.1 Å². The van der Waals surface area contributed by atoms with Crippen molar-refractivity contribution in [3.05, 3.63) is 24.3 Å². The number of hydrogen-bond acceptors (Lipinski definition) is 2. The van der Waals surface area contributed by atoms with E-state index in [2.05, 4.69) is 18.2 Å². The van der Waals surface area contributed by atoms with E-state index in [4.69, 9.17) is 0 Å². The van der Waals surface area contributed by atoms with Crippen LogP contribution >= 0.6 is 0 Å². The highest BCUT2D eigenvalue weighted by atomic mass is 16.1. The lowest BCUT2D eigenvalue weighted by Crippen LogP contribution is -1.96. The first kappa shape index (κ1) is 22.8. The summed E-state index contributed by atoms with van der Waals surface area (Å²) in [4.78, 5) is 21.8. The second-order valence-corrected chi connectivity index (χ2v) is 6.58. The molecule has 138 valence electrons. The summed E-state index contributed by atoms with van der Waals surface area (Å²) >= 11 is 0. The smallest absolute Gasteiger partial charge is 0.133 e. The molecule has 24 heavy (non-hydrogen) atoms. The molecule has 0 aliphatic rings. The molecule has 0 amide bonds. The van der Waals surface area contributed by atoms with Crippen molar-refractivity contribution in [2.75, 3.05) is 0 Å². The second-order valence-electron chi connectivity index (χ2n) is 6.58. The molecule has 0 rings (SSSR count). The van der Waals surface area contributed by atoms with Gasteiger partial charge in [-0.25, -0.2) is 0 Å². The number of rotatable bonds is 18. The van der Waals surface area contributed by atoms with Gasteiger partial charge in [0, 0.05) is 19.3 Å². The predicted octanol–water partition coefficient (Wildman–Crippen LogP) is 6.74. The van der Waals surface area contributed by atoms with E-state index < -0.39 is 0 Å². The van der Waals surface area contributed by atoms with E-state index in [0.29, 0.717) is 12.2 Å². The van der Waals surface area contributed by atoms with Gasteiger partial charge < -0.3 is 4.79 Å². The number of carbonyl (C=O) groups is 2. The molecular formula is C22H38O2. The van der Waals surface area contributed by atoms with Crippen LogP contribution in [0.1, 0.15) is 103 Å². The second kappa shape index (κ2) is 19.9. The van der Waals surface area contributed by atoms with Crippen molar-refractivity contribution in [3.63, 3.8) is 0 Å². The number of carbonyl (C=O) groups excluding carboxylic acids is 2. The lowest BCUT2D eigenvalue weighted by molar-refractivity contribution is -0.119. The predicted molar refractivity (Wildman–Crippen MR) is 104 cm³/mol. The van der Waals surface area contributed by atoms with Crippen LogP contribution in [0.2, 0.25) is 0 Å². The van der Waals surface area contributed by atoms with Crippen LogP contribution in [-0.4, -0.2) is 12.1 Å². The lowest BCUT2D eigenvalue weighted by Gasteiger charge is -2.00. The van der Waals surface area contributed by atoms with E-state index in [0.717, 1.165) is 38.4 Å². The van der Waals surface area contributed by atoms with Crippen LogP contribution < -0.4 is 0 Å². The molecule has 0 aromatic rings. The third-order valence-electron chi connectivity index (χ3n) is 4.26. The summed E-state index contributed by atoms with van der Waals surface area (Å²) in [6, 6.07) is 0. The highest BCUT2D eigenvalue weighted by Gasteiger charge is 2.00. The Morgan fingerprint density at radius 1 is 0.625 bits per heavy atom. The summed E-state index contributed by atoms with van der Waals surface area (Å²) < 4.78 is 0. The van der Waals surface area contributed by atoms with E-state index in [1.807, 2.05) is 13.0 Å². The first-order valence-electron chi connectivity index (χ1n) is 10.0. The van der Waals surface area contributed by atoms with Gasteiger partial charge in [-0.3, -0.25) is 4.79 Å². The zero-order chi connectivity index (χ0) is 17.7. The quantitative estimate of drug-likeness (QED) is 0.158. The molecule has 2 heteroatoms. The van der Waals surface area contributed by atoms with Crippen molar-refractivity contribution < 1.29 is 9.59 Å². The minimum Gasteiger partial charge on any atom is -0.303 e. The minimum absolute atomic E-state index is 0.419. The molecule has 0 atom stereocenters. The average Bonchev–Trinajstić information content (AvgIpc) is 2.58. The molecule has 0 aliphatic carbocycles. The Bertz CT molecular complexity index is 342. The normalized spacial score (nSPS) is 11.5. The van der Waals surface area contributed by atoms with Crippen LogP contribution in [0.5, 0.6) is 0 Å². The molecule has 2 nitrogen and oxygen atoms in total. The van der Waals surface area contributed by atoms with Crippen molar-refractivity contribution in [2.45, 2.75) is 103 Å². The van der Waals surface area contributed by atoms with Crippen molar-refractivity contribution in [2.24, 2.45) is 0 Å². The van der Waals surface area contributed by atoms with Gasteiger partial charge in [0.25, 0.3) is 0 Å². The first-order valence-corrected chi connectivity index (χ1v) is 10.0. The van der Waals surface area contributed by atoms with Crippen LogP contribution in [0, 0.1) is 0 Å². The van der Waals surface area contributed by atoms with Crippen LogP contribution in [0.25, 0.3) is 0 Å². The zero-order valence-electron chi connectivity index (χ0n) is 15.8. The summed E-state index contributed by atoms with van der Waals surface area (Å²) in [5.74, 6) is 0.419. The molecular weight excluding hydrogens is 296 g/mol. The molecule has 0 aromatic heterocycles. The molecule has 0 fully saturated rings.